The highest BCUT2D eigenvalue weighted by Gasteiger charge is 2.29. The van der Waals surface area contributed by atoms with E-state index in [1.807, 2.05) is 0 Å². The Morgan fingerprint density at radius 1 is 1.25 bits per heavy atom. The first-order valence-electron chi connectivity index (χ1n) is 5.27. The molecule has 0 aliphatic rings. The minimum Gasteiger partial charge on any atom is -0.481 e. The molecule has 2 N–H and O–H groups in total. The molecule has 0 aliphatic carbocycles. The predicted octanol–water partition coefficient (Wildman–Crippen LogP) is 1.88. The third-order valence-corrected chi connectivity index (χ3v) is 4.19. The predicted molar refractivity (Wildman–Crippen MR) is 60.9 cm³/mol. The second-order valence-corrected chi connectivity index (χ2v) is 6.57. The molecule has 0 aliphatic heterocycles. The smallest absolute Gasteiger partial charge is 0.303 e. The van der Waals surface area contributed by atoms with E-state index >= 15 is 0 Å². The van der Waals surface area contributed by atoms with E-state index in [2.05, 4.69) is 0 Å². The number of aliphatic carboxylic acids is 1. The second-order valence-electron chi connectivity index (χ2n) is 4.06. The van der Waals surface area contributed by atoms with Gasteiger partial charge in [0.05, 0.1) is 5.66 Å². The number of hydrogen-bond donors (Lipinski definition) is 2. The molecule has 0 fully saturated rings. The van der Waals surface area contributed by atoms with Gasteiger partial charge < -0.3 is 10.00 Å². The number of carbonyl (C=O) groups is 2. The molecule has 2 unspecified atom stereocenters. The average molecular weight is 250 g/mol. The Morgan fingerprint density at radius 3 is 2.19 bits per heavy atom. The summed E-state index contributed by atoms with van der Waals surface area (Å²) in [6.45, 7) is 2.50. The van der Waals surface area contributed by atoms with Crippen LogP contribution in [0, 0.1) is 0 Å². The molecule has 94 valence electrons. The molecule has 2 atom stereocenters. The third-order valence-electron chi connectivity index (χ3n) is 2.42. The van der Waals surface area contributed by atoms with Crippen molar-refractivity contribution in [2.45, 2.75) is 44.7 Å². The van der Waals surface area contributed by atoms with Gasteiger partial charge in [0.15, 0.2) is 0 Å². The summed E-state index contributed by atoms with van der Waals surface area (Å²) in [4.78, 5) is 30.7. The minimum absolute atomic E-state index is 0.105. The van der Waals surface area contributed by atoms with Crippen molar-refractivity contribution in [2.75, 3.05) is 6.66 Å². The van der Waals surface area contributed by atoms with Crippen molar-refractivity contribution in [1.29, 1.82) is 0 Å². The summed E-state index contributed by atoms with van der Waals surface area (Å²) in [6.07, 6.45) is 2.28. The lowest BCUT2D eigenvalue weighted by atomic mass is 10.1. The lowest BCUT2D eigenvalue weighted by molar-refractivity contribution is -0.137. The van der Waals surface area contributed by atoms with Gasteiger partial charge in [-0.25, -0.2) is 0 Å². The van der Waals surface area contributed by atoms with Crippen molar-refractivity contribution in [3.05, 3.63) is 0 Å². The molecule has 0 aromatic heterocycles. The van der Waals surface area contributed by atoms with Crippen LogP contribution in [-0.2, 0) is 14.2 Å². The molecule has 0 radical (unpaired) electrons. The van der Waals surface area contributed by atoms with Crippen molar-refractivity contribution < 1.29 is 24.2 Å². The van der Waals surface area contributed by atoms with Gasteiger partial charge in [0, 0.05) is 13.1 Å². The summed E-state index contributed by atoms with van der Waals surface area (Å²) in [5.74, 6) is -1.11. The van der Waals surface area contributed by atoms with Gasteiger partial charge in [-0.1, -0.05) is 12.8 Å². The molecule has 0 heterocycles. The van der Waals surface area contributed by atoms with Crippen molar-refractivity contribution in [3.63, 3.8) is 0 Å². The van der Waals surface area contributed by atoms with Crippen molar-refractivity contribution in [3.8, 4) is 0 Å². The Hall–Kier alpha value is -0.670. The molecule has 0 aromatic rings. The van der Waals surface area contributed by atoms with Gasteiger partial charge in [0.25, 0.3) is 0 Å². The van der Waals surface area contributed by atoms with Crippen LogP contribution in [0.2, 0.25) is 0 Å². The second kappa shape index (κ2) is 6.81. The normalized spacial score (nSPS) is 16.4. The lowest BCUT2D eigenvalue weighted by Gasteiger charge is -2.16. The van der Waals surface area contributed by atoms with Crippen LogP contribution in [0.4, 0.5) is 0 Å². The van der Waals surface area contributed by atoms with Crippen LogP contribution in [0.5, 0.6) is 0 Å². The molecule has 0 rings (SSSR count). The Labute approximate surface area is 95.3 Å². The maximum atomic E-state index is 11.4. The zero-order valence-electron chi connectivity index (χ0n) is 9.68. The van der Waals surface area contributed by atoms with Gasteiger partial charge >= 0.3 is 5.97 Å². The van der Waals surface area contributed by atoms with Gasteiger partial charge in [-0.3, -0.25) is 14.2 Å². The molecule has 5 nitrogen and oxygen atoms in total. The number of ketones is 1. The Kier molecular flexibility index (Phi) is 6.53. The van der Waals surface area contributed by atoms with Crippen LogP contribution in [-0.4, -0.2) is 34.1 Å². The quantitative estimate of drug-likeness (QED) is 0.507. The molecule has 0 amide bonds. The molecular formula is C10H19O5P. The number of carboxylic acid groups (broad SMARTS) is 1. The summed E-state index contributed by atoms with van der Waals surface area (Å²) in [5, 5.41) is 8.40. The van der Waals surface area contributed by atoms with E-state index in [0.717, 1.165) is 0 Å². The summed E-state index contributed by atoms with van der Waals surface area (Å²) < 4.78 is 11.4. The maximum Gasteiger partial charge on any atom is 0.303 e. The number of carbonyl (C=O) groups excluding carboxylic acids is 1. The van der Waals surface area contributed by atoms with Crippen LogP contribution >= 0.6 is 7.37 Å². The van der Waals surface area contributed by atoms with Crippen LogP contribution in [0.3, 0.4) is 0 Å². The van der Waals surface area contributed by atoms with Crippen LogP contribution < -0.4 is 0 Å². The SMILES string of the molecule is CC(=O)C(CCCCCC(=O)O)P(C)(=O)O. The van der Waals surface area contributed by atoms with E-state index in [4.69, 9.17) is 5.11 Å². The largest absolute Gasteiger partial charge is 0.481 e. The van der Waals surface area contributed by atoms with E-state index in [9.17, 15) is 19.0 Å². The van der Waals surface area contributed by atoms with E-state index in [-0.39, 0.29) is 12.2 Å². The van der Waals surface area contributed by atoms with Gasteiger partial charge in [0.1, 0.15) is 5.78 Å². The van der Waals surface area contributed by atoms with Gasteiger partial charge in [-0.2, -0.15) is 0 Å². The Bertz CT molecular complexity index is 294. The monoisotopic (exact) mass is 250 g/mol. The van der Waals surface area contributed by atoms with Gasteiger partial charge in [-0.15, -0.1) is 0 Å². The fourth-order valence-corrected chi connectivity index (χ4v) is 2.91. The number of carboxylic acids is 1. The molecule has 6 heteroatoms. The highest BCUT2D eigenvalue weighted by Crippen LogP contribution is 2.44. The molecular weight excluding hydrogens is 231 g/mol. The van der Waals surface area contributed by atoms with Gasteiger partial charge in [0.2, 0.25) is 7.37 Å². The summed E-state index contributed by atoms with van der Waals surface area (Å²) >= 11 is 0. The van der Waals surface area contributed by atoms with E-state index in [1.54, 1.807) is 0 Å². The summed E-state index contributed by atoms with van der Waals surface area (Å²) in [6, 6.07) is 0. The molecule has 0 spiro atoms. The fraction of sp³-hybridized carbons (Fsp3) is 0.800. The van der Waals surface area contributed by atoms with Crippen molar-refractivity contribution >= 4 is 19.1 Å². The van der Waals surface area contributed by atoms with E-state index < -0.39 is 19.0 Å². The van der Waals surface area contributed by atoms with Crippen molar-refractivity contribution in [1.82, 2.24) is 0 Å². The molecule has 0 saturated carbocycles. The first-order chi connectivity index (χ1) is 7.25. The minimum atomic E-state index is -3.37. The molecule has 16 heavy (non-hydrogen) atoms. The van der Waals surface area contributed by atoms with Crippen molar-refractivity contribution in [2.24, 2.45) is 0 Å². The van der Waals surface area contributed by atoms with Crippen LogP contribution in [0.25, 0.3) is 0 Å². The maximum absolute atomic E-state index is 11.4. The van der Waals surface area contributed by atoms with Crippen LogP contribution in [0.1, 0.15) is 39.0 Å². The lowest BCUT2D eigenvalue weighted by Crippen LogP contribution is -2.17. The first kappa shape index (κ1) is 15.3. The Morgan fingerprint density at radius 2 is 1.81 bits per heavy atom. The van der Waals surface area contributed by atoms with Crippen LogP contribution in [0.15, 0.2) is 0 Å². The van der Waals surface area contributed by atoms with Gasteiger partial charge in [-0.05, 0) is 19.8 Å². The number of Topliss-reactive ketones (excluding diaryl/α,β-unsaturated/α-hetero) is 1. The van der Waals surface area contributed by atoms with E-state index in [1.165, 1.54) is 13.6 Å². The summed E-state index contributed by atoms with van der Waals surface area (Å²) in [5.41, 5.74) is -0.794. The highest BCUT2D eigenvalue weighted by molar-refractivity contribution is 7.59. The third kappa shape index (κ3) is 6.75. The number of rotatable bonds is 8. The first-order valence-corrected chi connectivity index (χ1v) is 7.45. The number of unbranched alkanes of at least 4 members (excludes halogenated alkanes) is 2. The molecule has 0 bridgehead atoms. The average Bonchev–Trinajstić information content (AvgIpc) is 2.07. The highest BCUT2D eigenvalue weighted by atomic mass is 31.2. The zero-order valence-corrected chi connectivity index (χ0v) is 10.6. The fourth-order valence-electron chi connectivity index (χ4n) is 1.57. The molecule has 0 saturated heterocycles. The van der Waals surface area contributed by atoms with E-state index in [0.29, 0.717) is 25.7 Å². The summed E-state index contributed by atoms with van der Waals surface area (Å²) in [7, 11) is -3.37. The standard InChI is InChI=1S/C10H19O5P/c1-8(11)9(16(2,14)15)6-4-3-5-7-10(12)13/h9H,3-7H2,1-2H3,(H,12,13)(H,14,15). The number of hydrogen-bond acceptors (Lipinski definition) is 3. The molecule has 0 aromatic carbocycles. The topological polar surface area (TPSA) is 91.7 Å². The zero-order chi connectivity index (χ0) is 12.8. The Balaban J connectivity index is 3.92.